The number of rotatable bonds is 4. The molecule has 0 aliphatic carbocycles. The molecule has 1 aliphatic heterocycles. The molecule has 132 valence electrons. The molecule has 0 spiro atoms. The zero-order valence-electron chi connectivity index (χ0n) is 14.6. The monoisotopic (exact) mass is 394 g/mol. The zero-order chi connectivity index (χ0) is 18.1. The number of hydrogen-bond acceptors (Lipinski definition) is 2. The number of benzene rings is 2. The van der Waals surface area contributed by atoms with Gasteiger partial charge in [0.2, 0.25) is 0 Å². The first-order valence-corrected chi connectivity index (χ1v) is 9.35. The van der Waals surface area contributed by atoms with Crippen LogP contribution in [0.2, 0.25) is 10.0 Å². The summed E-state index contributed by atoms with van der Waals surface area (Å²) in [6.07, 6.45) is 0. The van der Waals surface area contributed by atoms with Gasteiger partial charge in [0.05, 0.1) is 6.67 Å². The van der Waals surface area contributed by atoms with Crippen molar-refractivity contribution >= 4 is 34.8 Å². The summed E-state index contributed by atoms with van der Waals surface area (Å²) < 4.78 is 0. The van der Waals surface area contributed by atoms with E-state index in [1.807, 2.05) is 24.3 Å². The molecule has 0 amide bonds. The lowest BCUT2D eigenvalue weighted by Gasteiger charge is -2.24. The van der Waals surface area contributed by atoms with Gasteiger partial charge >= 0.3 is 0 Å². The van der Waals surface area contributed by atoms with E-state index in [0.29, 0.717) is 0 Å². The topological polar surface area (TPSA) is 6.48 Å². The molecule has 0 unspecified atom stereocenters. The first kappa shape index (κ1) is 18.4. The molecule has 0 atom stereocenters. The molecule has 0 radical (unpaired) electrons. The predicted octanol–water partition coefficient (Wildman–Crippen LogP) is 6.31. The lowest BCUT2D eigenvalue weighted by Crippen LogP contribution is -2.27. The predicted molar refractivity (Wildman–Crippen MR) is 107 cm³/mol. The van der Waals surface area contributed by atoms with Gasteiger partial charge in [0, 0.05) is 28.8 Å². The van der Waals surface area contributed by atoms with E-state index in [-0.39, 0.29) is 0 Å². The molecule has 0 saturated heterocycles. The maximum Gasteiger partial charge on any atom is 0.125 e. The van der Waals surface area contributed by atoms with E-state index >= 15 is 0 Å². The number of aryl methyl sites for hydroxylation is 2. The van der Waals surface area contributed by atoms with Crippen molar-refractivity contribution in [2.75, 3.05) is 6.67 Å². The maximum absolute atomic E-state index is 6.60. The highest BCUT2D eigenvalue weighted by atomic mass is 35.5. The number of allylic oxidation sites excluding steroid dienone is 1. The van der Waals surface area contributed by atoms with E-state index in [2.05, 4.69) is 42.7 Å². The van der Waals surface area contributed by atoms with E-state index in [4.69, 9.17) is 34.8 Å². The third kappa shape index (κ3) is 4.08. The quantitative estimate of drug-likeness (QED) is 0.559. The van der Waals surface area contributed by atoms with Crippen molar-refractivity contribution in [3.63, 3.8) is 0 Å². The molecule has 2 aromatic rings. The first-order chi connectivity index (χ1) is 11.8. The van der Waals surface area contributed by atoms with Crippen molar-refractivity contribution in [1.29, 1.82) is 0 Å². The van der Waals surface area contributed by atoms with Crippen LogP contribution in [0.5, 0.6) is 0 Å². The third-order valence-corrected chi connectivity index (χ3v) is 5.71. The van der Waals surface area contributed by atoms with E-state index in [9.17, 15) is 0 Å². The molecule has 0 bridgehead atoms. The van der Waals surface area contributed by atoms with E-state index in [1.54, 1.807) is 0 Å². The number of hydrogen-bond donors (Lipinski definition) is 0. The van der Waals surface area contributed by atoms with Crippen LogP contribution in [0.1, 0.15) is 29.2 Å². The number of halogens is 3. The molecule has 0 fully saturated rings. The van der Waals surface area contributed by atoms with Crippen LogP contribution in [-0.4, -0.2) is 16.5 Å². The van der Waals surface area contributed by atoms with E-state index < -0.39 is 0 Å². The van der Waals surface area contributed by atoms with Crippen LogP contribution in [0, 0.1) is 13.8 Å². The van der Waals surface area contributed by atoms with Crippen LogP contribution < -0.4 is 0 Å². The minimum absolute atomic E-state index is 0.764. The Morgan fingerprint density at radius 2 is 1.24 bits per heavy atom. The van der Waals surface area contributed by atoms with Crippen molar-refractivity contribution in [3.8, 4) is 0 Å². The highest BCUT2D eigenvalue weighted by Crippen LogP contribution is 2.31. The number of nitrogens with zero attached hydrogens (tertiary/aromatic N) is 2. The average Bonchev–Trinajstić information content (AvgIpc) is 2.81. The summed E-state index contributed by atoms with van der Waals surface area (Å²) in [6, 6.07) is 12.0. The molecule has 0 N–H and O–H groups in total. The van der Waals surface area contributed by atoms with Gasteiger partial charge in [-0.15, -0.1) is 0 Å². The summed E-state index contributed by atoms with van der Waals surface area (Å²) >= 11 is 18.7. The first-order valence-electron chi connectivity index (χ1n) is 8.21. The normalized spacial score (nSPS) is 14.6. The molecule has 25 heavy (non-hydrogen) atoms. The Morgan fingerprint density at radius 3 is 1.72 bits per heavy atom. The smallest absolute Gasteiger partial charge is 0.125 e. The van der Waals surface area contributed by atoms with Crippen molar-refractivity contribution in [1.82, 2.24) is 9.80 Å². The highest BCUT2D eigenvalue weighted by Gasteiger charge is 2.25. The van der Waals surface area contributed by atoms with Gasteiger partial charge < -0.3 is 9.80 Å². The summed E-state index contributed by atoms with van der Waals surface area (Å²) in [4.78, 5) is 4.49. The minimum Gasteiger partial charge on any atom is -0.351 e. The second kappa shape index (κ2) is 7.49. The Balaban J connectivity index is 1.75. The van der Waals surface area contributed by atoms with Gasteiger partial charge in [-0.2, -0.15) is 0 Å². The maximum atomic E-state index is 6.60. The lowest BCUT2D eigenvalue weighted by atomic mass is 10.1. The molecular formula is C20H21Cl3N2. The lowest BCUT2D eigenvalue weighted by molar-refractivity contribution is 0.241. The van der Waals surface area contributed by atoms with Gasteiger partial charge in [-0.1, -0.05) is 46.9 Å². The molecule has 2 aromatic carbocycles. The molecule has 1 heterocycles. The fourth-order valence-corrected chi connectivity index (χ4v) is 3.79. The standard InChI is InChI=1S/C20H21Cl3N2/c1-13-8-18(21)6-4-16(13)10-24-12-25(20(23)15(24)3)11-17-5-7-19(22)9-14(17)2/h4-9H,10-12H2,1-3H3. The van der Waals surface area contributed by atoms with Crippen LogP contribution in [0.3, 0.4) is 0 Å². The molecule has 0 aromatic heterocycles. The fraction of sp³-hybridized carbons (Fsp3) is 0.300. The van der Waals surface area contributed by atoms with Crippen LogP contribution in [0.25, 0.3) is 0 Å². The zero-order valence-corrected chi connectivity index (χ0v) is 16.9. The molecular weight excluding hydrogens is 375 g/mol. The Hall–Kier alpha value is -1.35. The van der Waals surface area contributed by atoms with Gasteiger partial charge in [-0.25, -0.2) is 0 Å². The van der Waals surface area contributed by atoms with Crippen LogP contribution in [0.15, 0.2) is 47.3 Å². The molecule has 1 aliphatic rings. The fourth-order valence-electron chi connectivity index (χ4n) is 3.11. The van der Waals surface area contributed by atoms with E-state index in [1.165, 1.54) is 22.3 Å². The van der Waals surface area contributed by atoms with Gasteiger partial charge in [0.15, 0.2) is 0 Å². The summed E-state index contributed by atoms with van der Waals surface area (Å²) in [5.41, 5.74) is 5.98. The van der Waals surface area contributed by atoms with Crippen molar-refractivity contribution in [3.05, 3.63) is 79.6 Å². The summed E-state index contributed by atoms with van der Waals surface area (Å²) in [6.45, 7) is 8.61. The van der Waals surface area contributed by atoms with Gasteiger partial charge in [0.25, 0.3) is 0 Å². The van der Waals surface area contributed by atoms with Crippen molar-refractivity contribution < 1.29 is 0 Å². The summed E-state index contributed by atoms with van der Waals surface area (Å²) in [7, 11) is 0. The third-order valence-electron chi connectivity index (χ3n) is 4.72. The van der Waals surface area contributed by atoms with Gasteiger partial charge in [-0.3, -0.25) is 0 Å². The second-order valence-corrected chi connectivity index (χ2v) is 7.79. The Labute approximate surface area is 164 Å². The van der Waals surface area contributed by atoms with Gasteiger partial charge in [0.1, 0.15) is 5.16 Å². The Morgan fingerprint density at radius 1 is 0.760 bits per heavy atom. The SMILES string of the molecule is CC1=C(Cl)N(Cc2ccc(Cl)cc2C)CN1Cc1ccc(Cl)cc1C. The summed E-state index contributed by atoms with van der Waals surface area (Å²) in [5, 5.41) is 2.34. The van der Waals surface area contributed by atoms with Crippen LogP contribution in [-0.2, 0) is 13.1 Å². The second-order valence-electron chi connectivity index (χ2n) is 6.56. The highest BCUT2D eigenvalue weighted by molar-refractivity contribution is 6.31. The van der Waals surface area contributed by atoms with Crippen LogP contribution in [0.4, 0.5) is 0 Å². The Bertz CT molecular complexity index is 762. The molecule has 2 nitrogen and oxygen atoms in total. The van der Waals surface area contributed by atoms with Crippen molar-refractivity contribution in [2.45, 2.75) is 33.9 Å². The minimum atomic E-state index is 0.764. The van der Waals surface area contributed by atoms with Gasteiger partial charge in [-0.05, 0) is 67.3 Å². The van der Waals surface area contributed by atoms with E-state index in [0.717, 1.165) is 40.7 Å². The molecule has 0 saturated carbocycles. The summed E-state index contributed by atoms with van der Waals surface area (Å²) in [5.74, 6) is 0. The Kier molecular flexibility index (Phi) is 5.52. The average molecular weight is 396 g/mol. The van der Waals surface area contributed by atoms with Crippen molar-refractivity contribution in [2.24, 2.45) is 0 Å². The molecule has 3 rings (SSSR count). The molecule has 5 heteroatoms. The van der Waals surface area contributed by atoms with Crippen LogP contribution >= 0.6 is 34.8 Å². The largest absolute Gasteiger partial charge is 0.351 e.